The molecule has 0 radical (unpaired) electrons. The van der Waals surface area contributed by atoms with Gasteiger partial charge in [0.25, 0.3) is 0 Å². The molecule has 2 aromatic carbocycles. The van der Waals surface area contributed by atoms with Crippen LogP contribution in [0.2, 0.25) is 0 Å². The second-order valence-corrected chi connectivity index (χ2v) is 6.88. The Labute approximate surface area is 134 Å². The fraction of sp³-hybridized carbons (Fsp3) is 0.316. The lowest BCUT2D eigenvalue weighted by atomic mass is 10.0. The van der Waals surface area contributed by atoms with Crippen LogP contribution in [-0.2, 0) is 0 Å². The summed E-state index contributed by atoms with van der Waals surface area (Å²) in [6.45, 7) is 10.8. The number of aryl methyl sites for hydroxylation is 4. The first-order chi connectivity index (χ1) is 10.4. The molecule has 22 heavy (non-hydrogen) atoms. The van der Waals surface area contributed by atoms with Crippen molar-refractivity contribution >= 4 is 19.4 Å². The molecular formula is C19H23O2P. The third kappa shape index (κ3) is 3.75. The normalized spacial score (nSPS) is 11.1. The van der Waals surface area contributed by atoms with Crippen LogP contribution in [0.5, 0.6) is 5.75 Å². The zero-order valence-corrected chi connectivity index (χ0v) is 14.9. The number of ether oxygens (including phenoxy) is 1. The summed E-state index contributed by atoms with van der Waals surface area (Å²) >= 11 is 0. The van der Waals surface area contributed by atoms with Crippen molar-refractivity contribution in [1.82, 2.24) is 0 Å². The average Bonchev–Trinajstić information content (AvgIpc) is 2.41. The Morgan fingerprint density at radius 1 is 1.00 bits per heavy atom. The van der Waals surface area contributed by atoms with E-state index in [4.69, 9.17) is 4.74 Å². The topological polar surface area (TPSA) is 26.3 Å². The van der Waals surface area contributed by atoms with Crippen LogP contribution in [0.3, 0.4) is 0 Å². The van der Waals surface area contributed by atoms with Crippen molar-refractivity contribution < 1.29 is 9.53 Å². The molecule has 0 saturated carbocycles. The van der Waals surface area contributed by atoms with Crippen LogP contribution in [0.25, 0.3) is 0 Å². The maximum atomic E-state index is 12.7. The van der Waals surface area contributed by atoms with E-state index in [2.05, 4.69) is 19.1 Å². The lowest BCUT2D eigenvalue weighted by molar-refractivity contribution is 0.108. The third-order valence-electron chi connectivity index (χ3n) is 3.66. The molecule has 2 nitrogen and oxygen atoms in total. The summed E-state index contributed by atoms with van der Waals surface area (Å²) in [4.78, 5) is 12.7. The molecule has 2 rings (SSSR count). The molecule has 0 aromatic heterocycles. The smallest absolute Gasteiger partial charge is 0.186 e. The van der Waals surface area contributed by atoms with Crippen molar-refractivity contribution in [3.63, 3.8) is 0 Å². The minimum Gasteiger partial charge on any atom is -0.494 e. The van der Waals surface area contributed by atoms with Crippen LogP contribution >= 0.6 is 8.58 Å². The Balaban J connectivity index is 2.26. The molecule has 0 saturated heterocycles. The predicted octanol–water partition coefficient (Wildman–Crippen LogP) is 4.46. The van der Waals surface area contributed by atoms with E-state index in [-0.39, 0.29) is 14.1 Å². The highest BCUT2D eigenvalue weighted by Gasteiger charge is 2.14. The van der Waals surface area contributed by atoms with E-state index < -0.39 is 0 Å². The SMILES string of the molecule is CCOc1ccc(PC(=O)c2c(C)cc(C)cc2C)c(C)c1. The number of benzene rings is 2. The van der Waals surface area contributed by atoms with Gasteiger partial charge >= 0.3 is 0 Å². The molecule has 0 heterocycles. The average molecular weight is 314 g/mol. The quantitative estimate of drug-likeness (QED) is 0.762. The molecule has 0 N–H and O–H groups in total. The van der Waals surface area contributed by atoms with Gasteiger partial charge in [0.1, 0.15) is 5.75 Å². The van der Waals surface area contributed by atoms with E-state index in [9.17, 15) is 4.79 Å². The first-order valence-corrected chi connectivity index (χ1v) is 8.55. The highest BCUT2D eigenvalue weighted by atomic mass is 31.1. The molecule has 0 aliphatic carbocycles. The van der Waals surface area contributed by atoms with Crippen LogP contribution in [0, 0.1) is 27.7 Å². The zero-order chi connectivity index (χ0) is 16.3. The Kier molecular flexibility index (Phi) is 5.37. The lowest BCUT2D eigenvalue weighted by Crippen LogP contribution is -2.08. The Morgan fingerprint density at radius 3 is 2.18 bits per heavy atom. The summed E-state index contributed by atoms with van der Waals surface area (Å²) in [5, 5.41) is 1.09. The molecule has 0 amide bonds. The van der Waals surface area contributed by atoms with Gasteiger partial charge in [-0.2, -0.15) is 0 Å². The van der Waals surface area contributed by atoms with Gasteiger partial charge in [0, 0.05) is 5.56 Å². The highest BCUT2D eigenvalue weighted by molar-refractivity contribution is 7.66. The number of hydrogen-bond acceptors (Lipinski definition) is 2. The van der Waals surface area contributed by atoms with Gasteiger partial charge in [-0.05, 0) is 77.3 Å². The monoisotopic (exact) mass is 314 g/mol. The van der Waals surface area contributed by atoms with Crippen LogP contribution in [0.4, 0.5) is 0 Å². The van der Waals surface area contributed by atoms with Crippen LogP contribution in [0.1, 0.15) is 39.5 Å². The molecule has 2 aromatic rings. The number of rotatable bonds is 5. The molecule has 1 unspecified atom stereocenters. The van der Waals surface area contributed by atoms with Gasteiger partial charge in [0.15, 0.2) is 5.52 Å². The van der Waals surface area contributed by atoms with E-state index in [0.717, 1.165) is 33.3 Å². The van der Waals surface area contributed by atoms with Gasteiger partial charge in [-0.3, -0.25) is 4.79 Å². The lowest BCUT2D eigenvalue weighted by Gasteiger charge is -2.12. The molecular weight excluding hydrogens is 291 g/mol. The summed E-state index contributed by atoms with van der Waals surface area (Å²) in [7, 11) is 0.148. The van der Waals surface area contributed by atoms with E-state index >= 15 is 0 Å². The largest absolute Gasteiger partial charge is 0.494 e. The van der Waals surface area contributed by atoms with Gasteiger partial charge in [-0.15, -0.1) is 0 Å². The maximum Gasteiger partial charge on any atom is 0.186 e. The fourth-order valence-corrected chi connectivity index (χ4v) is 3.96. The van der Waals surface area contributed by atoms with Gasteiger partial charge in [0.05, 0.1) is 6.61 Å². The van der Waals surface area contributed by atoms with Crippen LogP contribution in [0.15, 0.2) is 30.3 Å². The molecule has 0 fully saturated rings. The third-order valence-corrected chi connectivity index (χ3v) is 4.97. The van der Waals surface area contributed by atoms with Crippen molar-refractivity contribution in [2.24, 2.45) is 0 Å². The molecule has 0 spiro atoms. The van der Waals surface area contributed by atoms with Crippen LogP contribution < -0.4 is 10.0 Å². The number of carbonyl (C=O) groups excluding carboxylic acids is 1. The Morgan fingerprint density at radius 2 is 1.64 bits per heavy atom. The second-order valence-electron chi connectivity index (χ2n) is 5.64. The molecule has 3 heteroatoms. The fourth-order valence-electron chi connectivity index (χ4n) is 2.76. The summed E-state index contributed by atoms with van der Waals surface area (Å²) in [5.74, 6) is 0.865. The van der Waals surface area contributed by atoms with Crippen molar-refractivity contribution in [2.75, 3.05) is 6.61 Å². The second kappa shape index (κ2) is 7.07. The Hall–Kier alpha value is -1.66. The van der Waals surface area contributed by atoms with Gasteiger partial charge in [0.2, 0.25) is 0 Å². The molecule has 1 atom stereocenters. The summed E-state index contributed by atoms with van der Waals surface area (Å²) in [6.07, 6.45) is 0. The Bertz CT molecular complexity index is 682. The van der Waals surface area contributed by atoms with Crippen molar-refractivity contribution in [1.29, 1.82) is 0 Å². The number of hydrogen-bond donors (Lipinski definition) is 0. The van der Waals surface area contributed by atoms with E-state index in [1.54, 1.807) is 0 Å². The highest BCUT2D eigenvalue weighted by Crippen LogP contribution is 2.27. The minimum atomic E-state index is 0.148. The predicted molar refractivity (Wildman–Crippen MR) is 95.3 cm³/mol. The minimum absolute atomic E-state index is 0.148. The molecule has 0 aliphatic heterocycles. The summed E-state index contributed by atoms with van der Waals surface area (Å²) in [5.41, 5.74) is 5.53. The molecule has 0 bridgehead atoms. The van der Waals surface area contributed by atoms with E-state index in [1.165, 1.54) is 5.56 Å². The van der Waals surface area contributed by atoms with Crippen molar-refractivity contribution in [3.05, 3.63) is 58.1 Å². The molecule has 116 valence electrons. The van der Waals surface area contributed by atoms with Crippen molar-refractivity contribution in [2.45, 2.75) is 34.6 Å². The first-order valence-electron chi connectivity index (χ1n) is 7.55. The van der Waals surface area contributed by atoms with Crippen molar-refractivity contribution in [3.8, 4) is 5.75 Å². The summed E-state index contributed by atoms with van der Waals surface area (Å²) in [6, 6.07) is 10.1. The first kappa shape index (κ1) is 16.7. The van der Waals surface area contributed by atoms with E-state index in [1.807, 2.05) is 45.9 Å². The van der Waals surface area contributed by atoms with Crippen LogP contribution in [-0.4, -0.2) is 12.1 Å². The molecule has 0 aliphatic rings. The summed E-state index contributed by atoms with van der Waals surface area (Å²) < 4.78 is 5.50. The number of carbonyl (C=O) groups is 1. The van der Waals surface area contributed by atoms with Gasteiger partial charge < -0.3 is 4.74 Å². The maximum absolute atomic E-state index is 12.7. The standard InChI is InChI=1S/C19H23O2P/c1-6-21-16-7-8-17(13(3)11-16)22-19(20)18-14(4)9-12(2)10-15(18)5/h7-11,22H,6H2,1-5H3. The van der Waals surface area contributed by atoms with Gasteiger partial charge in [-0.25, -0.2) is 0 Å². The van der Waals surface area contributed by atoms with E-state index in [0.29, 0.717) is 6.61 Å². The zero-order valence-electron chi connectivity index (χ0n) is 13.9. The van der Waals surface area contributed by atoms with Gasteiger partial charge in [-0.1, -0.05) is 23.8 Å².